The standard InChI is InChI=1S/C8H15NO3/c1-6(12-2)7(11)9-8(5-10)3-4-8/h6,10H,3-5H2,1-2H3,(H,9,11). The molecule has 0 aliphatic heterocycles. The molecule has 0 radical (unpaired) electrons. The molecule has 2 N–H and O–H groups in total. The Balaban J connectivity index is 2.36. The molecule has 0 heterocycles. The van der Waals surface area contributed by atoms with E-state index in [-0.39, 0.29) is 18.1 Å². The van der Waals surface area contributed by atoms with Gasteiger partial charge in [0, 0.05) is 7.11 Å². The van der Waals surface area contributed by atoms with Crippen molar-refractivity contribution in [3.8, 4) is 0 Å². The third kappa shape index (κ3) is 1.95. The fourth-order valence-electron chi connectivity index (χ4n) is 0.944. The molecule has 1 fully saturated rings. The molecular formula is C8H15NO3. The molecule has 1 saturated carbocycles. The number of hydrogen-bond donors (Lipinski definition) is 2. The number of rotatable bonds is 4. The van der Waals surface area contributed by atoms with E-state index in [4.69, 9.17) is 9.84 Å². The lowest BCUT2D eigenvalue weighted by molar-refractivity contribution is -0.131. The number of aliphatic hydroxyl groups excluding tert-OH is 1. The first-order valence-corrected chi connectivity index (χ1v) is 4.09. The van der Waals surface area contributed by atoms with Gasteiger partial charge in [-0.1, -0.05) is 0 Å². The van der Waals surface area contributed by atoms with E-state index in [0.717, 1.165) is 12.8 Å². The lowest BCUT2D eigenvalue weighted by atomic mass is 10.2. The Morgan fingerprint density at radius 3 is 2.67 bits per heavy atom. The van der Waals surface area contributed by atoms with Gasteiger partial charge < -0.3 is 15.2 Å². The summed E-state index contributed by atoms with van der Waals surface area (Å²) in [6, 6.07) is 0. The van der Waals surface area contributed by atoms with Crippen molar-refractivity contribution >= 4 is 5.91 Å². The minimum absolute atomic E-state index is 0.0230. The summed E-state index contributed by atoms with van der Waals surface area (Å²) < 4.78 is 4.84. The molecule has 70 valence electrons. The number of hydrogen-bond acceptors (Lipinski definition) is 3. The van der Waals surface area contributed by atoms with Crippen LogP contribution in [0.2, 0.25) is 0 Å². The molecule has 0 aromatic rings. The van der Waals surface area contributed by atoms with Gasteiger partial charge in [0.1, 0.15) is 6.10 Å². The Kier molecular flexibility index (Phi) is 2.69. The molecule has 0 saturated heterocycles. The zero-order valence-electron chi connectivity index (χ0n) is 7.46. The predicted octanol–water partition coefficient (Wildman–Crippen LogP) is -0.338. The molecule has 0 bridgehead atoms. The summed E-state index contributed by atoms with van der Waals surface area (Å²) in [6.45, 7) is 1.71. The van der Waals surface area contributed by atoms with Crippen LogP contribution in [0.5, 0.6) is 0 Å². The van der Waals surface area contributed by atoms with E-state index in [2.05, 4.69) is 5.32 Å². The van der Waals surface area contributed by atoms with E-state index in [9.17, 15) is 4.79 Å². The summed E-state index contributed by atoms with van der Waals surface area (Å²) >= 11 is 0. The number of ether oxygens (including phenoxy) is 1. The lowest BCUT2D eigenvalue weighted by Crippen LogP contribution is -2.44. The smallest absolute Gasteiger partial charge is 0.249 e. The number of carbonyl (C=O) groups excluding carboxylic acids is 1. The van der Waals surface area contributed by atoms with Crippen LogP contribution in [-0.4, -0.2) is 36.4 Å². The van der Waals surface area contributed by atoms with Crippen molar-refractivity contribution < 1.29 is 14.6 Å². The maximum absolute atomic E-state index is 11.2. The Morgan fingerprint density at radius 1 is 1.75 bits per heavy atom. The monoisotopic (exact) mass is 173 g/mol. The van der Waals surface area contributed by atoms with Gasteiger partial charge in [-0.15, -0.1) is 0 Å². The SMILES string of the molecule is COC(C)C(=O)NC1(CO)CC1. The van der Waals surface area contributed by atoms with E-state index in [0.29, 0.717) is 0 Å². The first-order chi connectivity index (χ1) is 5.63. The van der Waals surface area contributed by atoms with Gasteiger partial charge in [-0.05, 0) is 19.8 Å². The highest BCUT2D eigenvalue weighted by molar-refractivity contribution is 5.81. The summed E-state index contributed by atoms with van der Waals surface area (Å²) in [5, 5.41) is 11.7. The molecule has 1 atom stereocenters. The molecule has 0 aromatic heterocycles. The van der Waals surface area contributed by atoms with E-state index in [1.807, 2.05) is 0 Å². The fraction of sp³-hybridized carbons (Fsp3) is 0.875. The van der Waals surface area contributed by atoms with Crippen LogP contribution in [0, 0.1) is 0 Å². The van der Waals surface area contributed by atoms with E-state index >= 15 is 0 Å². The minimum Gasteiger partial charge on any atom is -0.394 e. The van der Waals surface area contributed by atoms with Gasteiger partial charge in [-0.2, -0.15) is 0 Å². The molecule has 0 aromatic carbocycles. The Labute approximate surface area is 71.9 Å². The molecule has 1 amide bonds. The number of carbonyl (C=O) groups is 1. The predicted molar refractivity (Wildman–Crippen MR) is 43.7 cm³/mol. The molecule has 1 aliphatic carbocycles. The van der Waals surface area contributed by atoms with Gasteiger partial charge in [-0.3, -0.25) is 4.79 Å². The van der Waals surface area contributed by atoms with Gasteiger partial charge in [0.15, 0.2) is 0 Å². The quantitative estimate of drug-likeness (QED) is 0.611. The van der Waals surface area contributed by atoms with Crippen molar-refractivity contribution in [2.75, 3.05) is 13.7 Å². The Hall–Kier alpha value is -0.610. The molecule has 1 rings (SSSR count). The average molecular weight is 173 g/mol. The number of aliphatic hydroxyl groups is 1. The molecule has 1 unspecified atom stereocenters. The van der Waals surface area contributed by atoms with Crippen molar-refractivity contribution in [2.24, 2.45) is 0 Å². The molecule has 4 heteroatoms. The van der Waals surface area contributed by atoms with Crippen molar-refractivity contribution in [3.63, 3.8) is 0 Å². The van der Waals surface area contributed by atoms with Crippen molar-refractivity contribution in [3.05, 3.63) is 0 Å². The summed E-state index contributed by atoms with van der Waals surface area (Å²) in [4.78, 5) is 11.2. The van der Waals surface area contributed by atoms with Crippen LogP contribution in [0.25, 0.3) is 0 Å². The van der Waals surface area contributed by atoms with Crippen molar-refractivity contribution in [1.29, 1.82) is 0 Å². The fourth-order valence-corrected chi connectivity index (χ4v) is 0.944. The van der Waals surface area contributed by atoms with Crippen LogP contribution in [-0.2, 0) is 9.53 Å². The van der Waals surface area contributed by atoms with Gasteiger partial charge in [-0.25, -0.2) is 0 Å². The highest BCUT2D eigenvalue weighted by atomic mass is 16.5. The average Bonchev–Trinajstić information content (AvgIpc) is 2.84. The van der Waals surface area contributed by atoms with E-state index in [1.54, 1.807) is 6.92 Å². The second kappa shape index (κ2) is 3.41. The van der Waals surface area contributed by atoms with Crippen molar-refractivity contribution in [1.82, 2.24) is 5.32 Å². The van der Waals surface area contributed by atoms with Crippen LogP contribution in [0.4, 0.5) is 0 Å². The first kappa shape index (κ1) is 9.48. The van der Waals surface area contributed by atoms with Crippen LogP contribution >= 0.6 is 0 Å². The number of methoxy groups -OCH3 is 1. The lowest BCUT2D eigenvalue weighted by Gasteiger charge is -2.17. The van der Waals surface area contributed by atoms with E-state index in [1.165, 1.54) is 7.11 Å². The molecule has 1 aliphatic rings. The van der Waals surface area contributed by atoms with Gasteiger partial charge in [0.25, 0.3) is 0 Å². The van der Waals surface area contributed by atoms with Gasteiger partial charge in [0.05, 0.1) is 12.1 Å². The van der Waals surface area contributed by atoms with Gasteiger partial charge >= 0.3 is 0 Å². The normalized spacial score (nSPS) is 21.6. The Morgan fingerprint density at radius 2 is 2.33 bits per heavy atom. The van der Waals surface area contributed by atoms with Crippen LogP contribution < -0.4 is 5.32 Å². The second-order valence-corrected chi connectivity index (χ2v) is 3.31. The summed E-state index contributed by atoms with van der Waals surface area (Å²) in [6.07, 6.45) is 1.30. The zero-order valence-corrected chi connectivity index (χ0v) is 7.46. The second-order valence-electron chi connectivity index (χ2n) is 3.31. The highest BCUT2D eigenvalue weighted by Crippen LogP contribution is 2.34. The van der Waals surface area contributed by atoms with Crippen LogP contribution in [0.1, 0.15) is 19.8 Å². The zero-order chi connectivity index (χ0) is 9.19. The third-order valence-corrected chi connectivity index (χ3v) is 2.27. The summed E-state index contributed by atoms with van der Waals surface area (Å²) in [5.74, 6) is -0.149. The molecular weight excluding hydrogens is 158 g/mol. The topological polar surface area (TPSA) is 58.6 Å². The van der Waals surface area contributed by atoms with Gasteiger partial charge in [0.2, 0.25) is 5.91 Å². The molecule has 12 heavy (non-hydrogen) atoms. The maximum Gasteiger partial charge on any atom is 0.249 e. The first-order valence-electron chi connectivity index (χ1n) is 4.09. The number of amides is 1. The minimum atomic E-state index is -0.436. The van der Waals surface area contributed by atoms with Crippen LogP contribution in [0.15, 0.2) is 0 Å². The molecule has 4 nitrogen and oxygen atoms in total. The van der Waals surface area contributed by atoms with E-state index < -0.39 is 6.10 Å². The largest absolute Gasteiger partial charge is 0.394 e. The maximum atomic E-state index is 11.2. The number of nitrogens with one attached hydrogen (secondary N) is 1. The summed E-state index contributed by atoms with van der Waals surface area (Å²) in [7, 11) is 1.49. The van der Waals surface area contributed by atoms with Crippen molar-refractivity contribution in [2.45, 2.75) is 31.4 Å². The van der Waals surface area contributed by atoms with Crippen LogP contribution in [0.3, 0.4) is 0 Å². The Bertz CT molecular complexity index is 177. The summed E-state index contributed by atoms with van der Waals surface area (Å²) in [5.41, 5.74) is -0.329. The third-order valence-electron chi connectivity index (χ3n) is 2.27. The molecule has 0 spiro atoms. The highest BCUT2D eigenvalue weighted by Gasteiger charge is 2.43.